The van der Waals surface area contributed by atoms with E-state index < -0.39 is 11.8 Å². The fraction of sp³-hybridized carbons (Fsp3) is 0.235. The van der Waals surface area contributed by atoms with Crippen LogP contribution in [0.2, 0.25) is 0 Å². The van der Waals surface area contributed by atoms with Gasteiger partial charge in [0.15, 0.2) is 11.4 Å². The van der Waals surface area contributed by atoms with Crippen molar-refractivity contribution in [1.29, 1.82) is 0 Å². The van der Waals surface area contributed by atoms with E-state index in [1.165, 1.54) is 17.1 Å². The molecule has 0 radical (unpaired) electrons. The predicted molar refractivity (Wildman–Crippen MR) is 95.0 cm³/mol. The second-order valence-corrected chi connectivity index (χ2v) is 5.69. The Balaban J connectivity index is 1.79. The monoisotopic (exact) mass is 370 g/mol. The first kappa shape index (κ1) is 18.3. The van der Waals surface area contributed by atoms with Gasteiger partial charge in [0.2, 0.25) is 5.89 Å². The van der Waals surface area contributed by atoms with E-state index in [0.29, 0.717) is 18.7 Å². The van der Waals surface area contributed by atoms with Crippen LogP contribution < -0.4 is 11.1 Å². The Kier molecular flexibility index (Phi) is 5.27. The molecule has 0 bridgehead atoms. The quantitative estimate of drug-likeness (QED) is 0.638. The zero-order chi connectivity index (χ0) is 19.4. The number of rotatable bonds is 7. The Bertz CT molecular complexity index is 977. The van der Waals surface area contributed by atoms with Crippen molar-refractivity contribution in [2.45, 2.75) is 13.5 Å². The number of anilines is 1. The summed E-state index contributed by atoms with van der Waals surface area (Å²) in [6, 6.07) is 3.52. The van der Waals surface area contributed by atoms with Crippen LogP contribution in [0.25, 0.3) is 11.5 Å². The van der Waals surface area contributed by atoms with Gasteiger partial charge in [0.25, 0.3) is 11.8 Å². The molecule has 0 atom stereocenters. The maximum atomic E-state index is 12.5. The summed E-state index contributed by atoms with van der Waals surface area (Å²) in [6.07, 6.45) is 4.37. The van der Waals surface area contributed by atoms with Gasteiger partial charge in [-0.25, -0.2) is 4.98 Å². The highest BCUT2D eigenvalue weighted by atomic mass is 16.5. The van der Waals surface area contributed by atoms with Gasteiger partial charge < -0.3 is 20.2 Å². The normalized spacial score (nSPS) is 10.7. The number of nitrogens with one attached hydrogen (secondary N) is 1. The van der Waals surface area contributed by atoms with Crippen molar-refractivity contribution in [3.05, 3.63) is 47.9 Å². The summed E-state index contributed by atoms with van der Waals surface area (Å²) < 4.78 is 11.8. The molecule has 0 aromatic carbocycles. The number of aromatic nitrogens is 4. The minimum absolute atomic E-state index is 0.0482. The largest absolute Gasteiger partial charge is 0.444 e. The number of aryl methyl sites for hydroxylation is 1. The molecule has 10 heteroatoms. The molecule has 0 aliphatic rings. The molecule has 140 valence electrons. The fourth-order valence-corrected chi connectivity index (χ4v) is 2.37. The Morgan fingerprint density at radius 1 is 1.41 bits per heavy atom. The van der Waals surface area contributed by atoms with Crippen molar-refractivity contribution in [2.24, 2.45) is 5.73 Å². The van der Waals surface area contributed by atoms with Crippen LogP contribution in [0, 0.1) is 6.92 Å². The molecule has 0 saturated heterocycles. The van der Waals surface area contributed by atoms with Gasteiger partial charge in [0.05, 0.1) is 18.8 Å². The third-order valence-electron chi connectivity index (χ3n) is 3.65. The van der Waals surface area contributed by atoms with Crippen LogP contribution in [-0.4, -0.2) is 45.3 Å². The number of methoxy groups -OCH3 is 1. The number of hydrogen-bond acceptors (Lipinski definition) is 7. The minimum atomic E-state index is -0.755. The van der Waals surface area contributed by atoms with Crippen LogP contribution >= 0.6 is 0 Å². The first-order chi connectivity index (χ1) is 13.0. The van der Waals surface area contributed by atoms with Gasteiger partial charge in [-0.05, 0) is 19.1 Å². The molecule has 3 rings (SSSR count). The number of carbonyl (C=O) groups is 2. The molecule has 0 spiro atoms. The molecule has 10 nitrogen and oxygen atoms in total. The summed E-state index contributed by atoms with van der Waals surface area (Å²) >= 11 is 0. The fourth-order valence-electron chi connectivity index (χ4n) is 2.37. The van der Waals surface area contributed by atoms with E-state index in [9.17, 15) is 9.59 Å². The number of ether oxygens (including phenoxy) is 1. The second kappa shape index (κ2) is 7.79. The number of oxazole rings is 1. The van der Waals surface area contributed by atoms with E-state index >= 15 is 0 Å². The van der Waals surface area contributed by atoms with Crippen LogP contribution in [-0.2, 0) is 11.3 Å². The summed E-state index contributed by atoms with van der Waals surface area (Å²) in [6.45, 7) is 2.64. The van der Waals surface area contributed by atoms with E-state index in [1.807, 2.05) is 6.92 Å². The molecule has 2 amide bonds. The van der Waals surface area contributed by atoms with E-state index in [2.05, 4.69) is 20.4 Å². The van der Waals surface area contributed by atoms with E-state index in [1.54, 1.807) is 25.4 Å². The molecular formula is C17H18N6O4. The van der Waals surface area contributed by atoms with Crippen molar-refractivity contribution in [3.8, 4) is 11.5 Å². The van der Waals surface area contributed by atoms with Crippen LogP contribution in [0.15, 0.2) is 35.2 Å². The molecule has 0 fully saturated rings. The van der Waals surface area contributed by atoms with E-state index in [4.69, 9.17) is 14.9 Å². The lowest BCUT2D eigenvalue weighted by molar-refractivity contribution is 0.0995. The molecule has 27 heavy (non-hydrogen) atoms. The number of nitrogens with zero attached hydrogens (tertiary/aromatic N) is 4. The number of carbonyl (C=O) groups excluding carboxylic acids is 2. The van der Waals surface area contributed by atoms with Gasteiger partial charge in [0.1, 0.15) is 6.26 Å². The first-order valence-corrected chi connectivity index (χ1v) is 8.04. The van der Waals surface area contributed by atoms with Crippen LogP contribution in [0.5, 0.6) is 0 Å². The standard InChI is InChI=1S/C17H18N6O4/c1-10-7-11(3-4-19-10)17-21-13(9-27-17)16(25)20-12-8-23(5-6-26-2)22-14(12)15(18)24/h3-4,7-9H,5-6H2,1-2H3,(H2,18,24)(H,20,25). The zero-order valence-corrected chi connectivity index (χ0v) is 14.8. The third-order valence-corrected chi connectivity index (χ3v) is 3.65. The Morgan fingerprint density at radius 2 is 2.22 bits per heavy atom. The smallest absolute Gasteiger partial charge is 0.277 e. The maximum Gasteiger partial charge on any atom is 0.277 e. The van der Waals surface area contributed by atoms with E-state index in [-0.39, 0.29) is 23.0 Å². The Morgan fingerprint density at radius 3 is 2.93 bits per heavy atom. The molecule has 0 saturated carbocycles. The highest BCUT2D eigenvalue weighted by molar-refractivity contribution is 6.07. The van der Waals surface area contributed by atoms with Crippen molar-refractivity contribution < 1.29 is 18.7 Å². The van der Waals surface area contributed by atoms with Gasteiger partial charge in [-0.15, -0.1) is 0 Å². The summed E-state index contributed by atoms with van der Waals surface area (Å²) in [5.41, 5.74) is 7.02. The van der Waals surface area contributed by atoms with Crippen LogP contribution in [0.3, 0.4) is 0 Å². The average molecular weight is 370 g/mol. The van der Waals surface area contributed by atoms with Crippen LogP contribution in [0.4, 0.5) is 5.69 Å². The Hall–Kier alpha value is -3.53. The van der Waals surface area contributed by atoms with Crippen molar-refractivity contribution in [2.75, 3.05) is 19.0 Å². The van der Waals surface area contributed by atoms with Crippen molar-refractivity contribution in [1.82, 2.24) is 19.7 Å². The zero-order valence-electron chi connectivity index (χ0n) is 14.8. The van der Waals surface area contributed by atoms with Gasteiger partial charge in [0, 0.05) is 30.8 Å². The third kappa shape index (κ3) is 4.18. The summed E-state index contributed by atoms with van der Waals surface area (Å²) in [5.74, 6) is -1.02. The van der Waals surface area contributed by atoms with Gasteiger partial charge in [-0.3, -0.25) is 19.3 Å². The molecular weight excluding hydrogens is 352 g/mol. The molecule has 3 aromatic rings. The number of primary amides is 1. The Labute approximate surface area is 154 Å². The lowest BCUT2D eigenvalue weighted by Crippen LogP contribution is -2.18. The number of nitrogens with two attached hydrogens (primary N) is 1. The van der Waals surface area contributed by atoms with E-state index in [0.717, 1.165) is 5.69 Å². The topological polar surface area (TPSA) is 138 Å². The molecule has 0 unspecified atom stereocenters. The lowest BCUT2D eigenvalue weighted by Gasteiger charge is -2.00. The van der Waals surface area contributed by atoms with Crippen LogP contribution in [0.1, 0.15) is 26.7 Å². The van der Waals surface area contributed by atoms with Crippen molar-refractivity contribution >= 4 is 17.5 Å². The predicted octanol–water partition coefficient (Wildman–Crippen LogP) is 1.24. The highest BCUT2D eigenvalue weighted by Crippen LogP contribution is 2.20. The average Bonchev–Trinajstić information content (AvgIpc) is 3.27. The van der Waals surface area contributed by atoms with Gasteiger partial charge in [-0.2, -0.15) is 5.10 Å². The molecule has 3 aromatic heterocycles. The SMILES string of the molecule is COCCn1cc(NC(=O)c2coc(-c3ccnc(C)c3)n2)c(C(N)=O)n1. The summed E-state index contributed by atoms with van der Waals surface area (Å²) in [5, 5.41) is 6.64. The number of hydrogen-bond donors (Lipinski definition) is 2. The highest BCUT2D eigenvalue weighted by Gasteiger charge is 2.19. The summed E-state index contributed by atoms with van der Waals surface area (Å²) in [4.78, 5) is 32.3. The molecule has 3 heterocycles. The number of amides is 2. The number of pyridine rings is 1. The lowest BCUT2D eigenvalue weighted by atomic mass is 10.2. The molecule has 3 N–H and O–H groups in total. The molecule has 0 aliphatic heterocycles. The summed E-state index contributed by atoms with van der Waals surface area (Å²) in [7, 11) is 1.55. The second-order valence-electron chi connectivity index (χ2n) is 5.69. The van der Waals surface area contributed by atoms with Crippen molar-refractivity contribution in [3.63, 3.8) is 0 Å². The van der Waals surface area contributed by atoms with Gasteiger partial charge in [-0.1, -0.05) is 0 Å². The minimum Gasteiger partial charge on any atom is -0.444 e. The maximum absolute atomic E-state index is 12.5. The van der Waals surface area contributed by atoms with Gasteiger partial charge >= 0.3 is 0 Å². The molecule has 0 aliphatic carbocycles. The first-order valence-electron chi connectivity index (χ1n) is 8.04.